The van der Waals surface area contributed by atoms with Gasteiger partial charge in [0.2, 0.25) is 0 Å². The van der Waals surface area contributed by atoms with E-state index in [0.717, 1.165) is 12.0 Å². The standard InChI is InChI=1S/C14H17N3O2/c1-19-9-5-8-15-14(18)12-10-16-13(17-12)11-6-3-2-4-7-11/h2-4,6-7,10H,5,8-9H2,1H3,(H,15,18)(H,16,17). The Kier molecular flexibility index (Phi) is 4.69. The van der Waals surface area contributed by atoms with Crippen LogP contribution >= 0.6 is 0 Å². The van der Waals surface area contributed by atoms with Gasteiger partial charge in [-0.1, -0.05) is 30.3 Å². The Labute approximate surface area is 112 Å². The molecule has 5 heteroatoms. The van der Waals surface area contributed by atoms with Gasteiger partial charge in [0.15, 0.2) is 0 Å². The van der Waals surface area contributed by atoms with Crippen molar-refractivity contribution in [3.8, 4) is 11.4 Å². The molecule has 1 heterocycles. The number of nitrogens with zero attached hydrogens (tertiary/aromatic N) is 1. The van der Waals surface area contributed by atoms with E-state index in [2.05, 4.69) is 15.3 Å². The highest BCUT2D eigenvalue weighted by Crippen LogP contribution is 2.14. The van der Waals surface area contributed by atoms with Gasteiger partial charge in [-0.25, -0.2) is 4.98 Å². The molecule has 100 valence electrons. The Morgan fingerprint density at radius 1 is 1.37 bits per heavy atom. The predicted octanol–water partition coefficient (Wildman–Crippen LogP) is 1.84. The quantitative estimate of drug-likeness (QED) is 0.778. The Balaban J connectivity index is 1.95. The molecule has 1 aromatic carbocycles. The number of H-pyrrole nitrogens is 1. The fraction of sp³-hybridized carbons (Fsp3) is 0.286. The second-order valence-corrected chi connectivity index (χ2v) is 4.11. The molecule has 1 aromatic heterocycles. The topological polar surface area (TPSA) is 67.0 Å². The zero-order valence-electron chi connectivity index (χ0n) is 10.8. The van der Waals surface area contributed by atoms with Crippen molar-refractivity contribution >= 4 is 5.91 Å². The van der Waals surface area contributed by atoms with Gasteiger partial charge >= 0.3 is 0 Å². The SMILES string of the molecule is COCCCNC(=O)c1cnc(-c2ccccc2)[nH]1. The van der Waals surface area contributed by atoms with Crippen molar-refractivity contribution in [2.75, 3.05) is 20.3 Å². The number of hydrogen-bond acceptors (Lipinski definition) is 3. The van der Waals surface area contributed by atoms with Gasteiger partial charge in [0.1, 0.15) is 11.5 Å². The van der Waals surface area contributed by atoms with Gasteiger partial charge in [0, 0.05) is 25.8 Å². The predicted molar refractivity (Wildman–Crippen MR) is 72.8 cm³/mol. The lowest BCUT2D eigenvalue weighted by Crippen LogP contribution is -2.25. The monoisotopic (exact) mass is 259 g/mol. The lowest BCUT2D eigenvalue weighted by molar-refractivity contribution is 0.0944. The second-order valence-electron chi connectivity index (χ2n) is 4.11. The summed E-state index contributed by atoms with van der Waals surface area (Å²) in [5, 5.41) is 2.81. The molecule has 0 spiro atoms. The van der Waals surface area contributed by atoms with E-state index < -0.39 is 0 Å². The molecule has 2 aromatic rings. The van der Waals surface area contributed by atoms with Crippen LogP contribution in [0.15, 0.2) is 36.5 Å². The van der Waals surface area contributed by atoms with E-state index in [9.17, 15) is 4.79 Å². The average molecular weight is 259 g/mol. The van der Waals surface area contributed by atoms with Crippen molar-refractivity contribution in [2.45, 2.75) is 6.42 Å². The minimum Gasteiger partial charge on any atom is -0.385 e. The van der Waals surface area contributed by atoms with E-state index in [1.165, 1.54) is 0 Å². The Hall–Kier alpha value is -2.14. The number of hydrogen-bond donors (Lipinski definition) is 2. The molecular formula is C14H17N3O2. The van der Waals surface area contributed by atoms with Crippen LogP contribution in [-0.4, -0.2) is 36.1 Å². The van der Waals surface area contributed by atoms with E-state index in [1.807, 2.05) is 30.3 Å². The highest BCUT2D eigenvalue weighted by Gasteiger charge is 2.09. The first-order valence-corrected chi connectivity index (χ1v) is 6.19. The van der Waals surface area contributed by atoms with Crippen LogP contribution in [0.5, 0.6) is 0 Å². The van der Waals surface area contributed by atoms with Crippen molar-refractivity contribution in [2.24, 2.45) is 0 Å². The Morgan fingerprint density at radius 3 is 2.89 bits per heavy atom. The molecule has 2 N–H and O–H groups in total. The molecule has 0 bridgehead atoms. The minimum atomic E-state index is -0.147. The summed E-state index contributed by atoms with van der Waals surface area (Å²) in [6.07, 6.45) is 2.34. The zero-order valence-corrected chi connectivity index (χ0v) is 10.8. The van der Waals surface area contributed by atoms with Crippen LogP contribution in [0.1, 0.15) is 16.9 Å². The van der Waals surface area contributed by atoms with Crippen molar-refractivity contribution in [1.82, 2.24) is 15.3 Å². The zero-order chi connectivity index (χ0) is 13.5. The number of imidazole rings is 1. The maximum absolute atomic E-state index is 11.8. The molecular weight excluding hydrogens is 242 g/mol. The lowest BCUT2D eigenvalue weighted by atomic mass is 10.2. The van der Waals surface area contributed by atoms with E-state index in [1.54, 1.807) is 13.3 Å². The molecule has 0 aliphatic rings. The Morgan fingerprint density at radius 2 is 2.16 bits per heavy atom. The van der Waals surface area contributed by atoms with Gasteiger partial charge < -0.3 is 15.0 Å². The molecule has 19 heavy (non-hydrogen) atoms. The fourth-order valence-electron chi connectivity index (χ4n) is 1.69. The maximum atomic E-state index is 11.8. The number of carbonyl (C=O) groups excluding carboxylic acids is 1. The highest BCUT2D eigenvalue weighted by atomic mass is 16.5. The van der Waals surface area contributed by atoms with E-state index >= 15 is 0 Å². The molecule has 0 aliphatic heterocycles. The molecule has 0 radical (unpaired) electrons. The number of nitrogens with one attached hydrogen (secondary N) is 2. The molecule has 0 atom stereocenters. The van der Waals surface area contributed by atoms with Crippen LogP contribution in [0.25, 0.3) is 11.4 Å². The number of amides is 1. The van der Waals surface area contributed by atoms with Crippen molar-refractivity contribution in [3.05, 3.63) is 42.2 Å². The van der Waals surface area contributed by atoms with E-state index in [4.69, 9.17) is 4.74 Å². The number of ether oxygens (including phenoxy) is 1. The molecule has 0 fully saturated rings. The summed E-state index contributed by atoms with van der Waals surface area (Å²) in [5.74, 6) is 0.549. The summed E-state index contributed by atoms with van der Waals surface area (Å²) in [5.41, 5.74) is 1.43. The van der Waals surface area contributed by atoms with Crippen LogP contribution in [-0.2, 0) is 4.74 Å². The van der Waals surface area contributed by atoms with Gasteiger partial charge in [-0.15, -0.1) is 0 Å². The summed E-state index contributed by atoms with van der Waals surface area (Å²) in [6, 6.07) is 9.69. The molecule has 1 amide bonds. The van der Waals surface area contributed by atoms with Crippen LogP contribution in [0.2, 0.25) is 0 Å². The summed E-state index contributed by atoms with van der Waals surface area (Å²) >= 11 is 0. The first kappa shape index (κ1) is 13.3. The van der Waals surface area contributed by atoms with Gasteiger partial charge in [0.05, 0.1) is 6.20 Å². The normalized spacial score (nSPS) is 10.4. The summed E-state index contributed by atoms with van der Waals surface area (Å²) in [7, 11) is 1.64. The number of benzene rings is 1. The number of aromatic amines is 1. The molecule has 0 saturated carbocycles. The summed E-state index contributed by atoms with van der Waals surface area (Å²) in [4.78, 5) is 19.1. The van der Waals surface area contributed by atoms with Crippen LogP contribution in [0.3, 0.4) is 0 Å². The Bertz CT molecular complexity index is 522. The van der Waals surface area contributed by atoms with E-state index in [-0.39, 0.29) is 5.91 Å². The summed E-state index contributed by atoms with van der Waals surface area (Å²) in [6.45, 7) is 1.23. The van der Waals surface area contributed by atoms with Gasteiger partial charge in [-0.05, 0) is 6.42 Å². The average Bonchev–Trinajstić information content (AvgIpc) is 2.94. The third-order valence-electron chi connectivity index (χ3n) is 2.68. The number of methoxy groups -OCH3 is 1. The third-order valence-corrected chi connectivity index (χ3v) is 2.68. The molecule has 0 saturated heterocycles. The largest absolute Gasteiger partial charge is 0.385 e. The number of carbonyl (C=O) groups is 1. The molecule has 2 rings (SSSR count). The molecule has 0 aliphatic carbocycles. The summed E-state index contributed by atoms with van der Waals surface area (Å²) < 4.78 is 4.92. The van der Waals surface area contributed by atoms with Crippen molar-refractivity contribution < 1.29 is 9.53 Å². The van der Waals surface area contributed by atoms with Crippen molar-refractivity contribution in [3.63, 3.8) is 0 Å². The van der Waals surface area contributed by atoms with Gasteiger partial charge in [0.25, 0.3) is 5.91 Å². The lowest BCUT2D eigenvalue weighted by Gasteiger charge is -2.02. The van der Waals surface area contributed by atoms with E-state index in [0.29, 0.717) is 24.7 Å². The first-order valence-electron chi connectivity index (χ1n) is 6.19. The highest BCUT2D eigenvalue weighted by molar-refractivity contribution is 5.92. The second kappa shape index (κ2) is 6.70. The molecule has 5 nitrogen and oxygen atoms in total. The first-order chi connectivity index (χ1) is 9.31. The number of aromatic nitrogens is 2. The van der Waals surface area contributed by atoms with Crippen LogP contribution in [0, 0.1) is 0 Å². The van der Waals surface area contributed by atoms with Gasteiger partial charge in [-0.2, -0.15) is 0 Å². The fourth-order valence-corrected chi connectivity index (χ4v) is 1.69. The third kappa shape index (κ3) is 3.66. The molecule has 0 unspecified atom stereocenters. The smallest absolute Gasteiger partial charge is 0.269 e. The maximum Gasteiger partial charge on any atom is 0.269 e. The van der Waals surface area contributed by atoms with Gasteiger partial charge in [-0.3, -0.25) is 4.79 Å². The van der Waals surface area contributed by atoms with Crippen molar-refractivity contribution in [1.29, 1.82) is 0 Å². The van der Waals surface area contributed by atoms with Crippen LogP contribution in [0.4, 0.5) is 0 Å². The number of rotatable bonds is 6. The van der Waals surface area contributed by atoms with Crippen LogP contribution < -0.4 is 5.32 Å². The minimum absolute atomic E-state index is 0.147.